The molecule has 1 atom stereocenters. The van der Waals surface area contributed by atoms with Gasteiger partial charge in [-0.2, -0.15) is 5.26 Å². The molecule has 1 saturated heterocycles. The van der Waals surface area contributed by atoms with Gasteiger partial charge in [-0.1, -0.05) is 61.5 Å². The third kappa shape index (κ3) is 3.56. The Bertz CT molecular complexity index is 1050. The van der Waals surface area contributed by atoms with E-state index in [2.05, 4.69) is 18.0 Å². The minimum absolute atomic E-state index is 0.145. The largest absolute Gasteiger partial charge is 0.282 e. The van der Waals surface area contributed by atoms with Crippen LogP contribution in [0.3, 0.4) is 0 Å². The van der Waals surface area contributed by atoms with Gasteiger partial charge in [0.25, 0.3) is 0 Å². The maximum atomic E-state index is 13.6. The highest BCUT2D eigenvalue weighted by Crippen LogP contribution is 2.33. The fourth-order valence-electron chi connectivity index (χ4n) is 4.27. The number of carbonyl (C=O) groups excluding carboxylic acids is 1. The second-order valence-corrected chi connectivity index (χ2v) is 7.45. The van der Waals surface area contributed by atoms with E-state index in [4.69, 9.17) is 0 Å². The smallest absolute Gasteiger partial charge is 0.248 e. The van der Waals surface area contributed by atoms with Gasteiger partial charge in [0.1, 0.15) is 0 Å². The van der Waals surface area contributed by atoms with E-state index >= 15 is 0 Å². The minimum Gasteiger partial charge on any atom is -0.282 e. The van der Waals surface area contributed by atoms with E-state index in [1.54, 1.807) is 0 Å². The molecule has 29 heavy (non-hydrogen) atoms. The Kier molecular flexibility index (Phi) is 5.48. The molecule has 4 heteroatoms. The van der Waals surface area contributed by atoms with Gasteiger partial charge >= 0.3 is 0 Å². The number of fused-ring (bicyclic) bond motifs is 1. The third-order valence-corrected chi connectivity index (χ3v) is 5.74. The monoisotopic (exact) mass is 383 g/mol. The second-order valence-electron chi connectivity index (χ2n) is 7.45. The molecule has 1 aliphatic rings. The fourth-order valence-corrected chi connectivity index (χ4v) is 4.27. The van der Waals surface area contributed by atoms with E-state index in [-0.39, 0.29) is 11.8 Å². The molecule has 3 aromatic carbocycles. The number of rotatable bonds is 4. The van der Waals surface area contributed by atoms with Gasteiger partial charge in [-0.25, -0.2) is 0 Å². The van der Waals surface area contributed by atoms with Crippen LogP contribution in [0, 0.1) is 11.3 Å². The summed E-state index contributed by atoms with van der Waals surface area (Å²) >= 11 is 0. The molecule has 0 spiro atoms. The van der Waals surface area contributed by atoms with Crippen LogP contribution in [-0.2, 0) is 4.79 Å². The summed E-state index contributed by atoms with van der Waals surface area (Å²) in [6.07, 6.45) is 2.81. The number of carbonyl (C=O) groups is 1. The molecule has 4 rings (SSSR count). The van der Waals surface area contributed by atoms with Crippen LogP contribution in [0.1, 0.15) is 43.2 Å². The van der Waals surface area contributed by atoms with Gasteiger partial charge in [-0.15, -0.1) is 0 Å². The molecule has 0 radical (unpaired) electrons. The molecule has 0 aromatic heterocycles. The first-order valence-electron chi connectivity index (χ1n) is 10.3. The van der Waals surface area contributed by atoms with Crippen molar-refractivity contribution in [2.75, 3.05) is 18.1 Å². The van der Waals surface area contributed by atoms with E-state index in [9.17, 15) is 10.1 Å². The Labute approximate surface area is 171 Å². The summed E-state index contributed by atoms with van der Waals surface area (Å²) in [5.74, 6) is -0.00622. The highest BCUT2D eigenvalue weighted by atomic mass is 16.2. The lowest BCUT2D eigenvalue weighted by Crippen LogP contribution is -2.52. The van der Waals surface area contributed by atoms with Crippen LogP contribution in [0.25, 0.3) is 10.8 Å². The number of nitriles is 1. The van der Waals surface area contributed by atoms with Crippen molar-refractivity contribution in [3.63, 3.8) is 0 Å². The Hall–Kier alpha value is -3.32. The lowest BCUT2D eigenvalue weighted by molar-refractivity contribution is -0.134. The molecule has 1 heterocycles. The highest BCUT2D eigenvalue weighted by molar-refractivity contribution is 5.98. The number of anilines is 1. The average Bonchev–Trinajstić information content (AvgIpc) is 2.79. The van der Waals surface area contributed by atoms with Gasteiger partial charge in [0, 0.05) is 23.9 Å². The van der Waals surface area contributed by atoms with Gasteiger partial charge in [0.15, 0.2) is 0 Å². The Morgan fingerprint density at radius 2 is 1.66 bits per heavy atom. The molecule has 4 nitrogen and oxygen atoms in total. The van der Waals surface area contributed by atoms with E-state index < -0.39 is 0 Å². The third-order valence-electron chi connectivity index (χ3n) is 5.74. The molecule has 1 amide bonds. The lowest BCUT2D eigenvalue weighted by Gasteiger charge is -2.42. The normalized spacial score (nSPS) is 15.2. The summed E-state index contributed by atoms with van der Waals surface area (Å²) in [4.78, 5) is 13.6. The maximum absolute atomic E-state index is 13.6. The van der Waals surface area contributed by atoms with Crippen LogP contribution in [0.5, 0.6) is 0 Å². The van der Waals surface area contributed by atoms with Crippen molar-refractivity contribution < 1.29 is 4.79 Å². The van der Waals surface area contributed by atoms with Crippen molar-refractivity contribution in [2.24, 2.45) is 0 Å². The minimum atomic E-state index is -0.151. The molecule has 1 fully saturated rings. The standard InChI is InChI=1S/C25H25N3O/c1-2-21(19-10-4-3-5-11-19)25(29)28-17-9-8-16-27(28)24-15-14-20(18-26)22-12-6-7-13-23(22)24/h3-7,10-15,21H,2,8-9,16-17H2,1H3. The second kappa shape index (κ2) is 8.36. The van der Waals surface area contributed by atoms with E-state index in [1.165, 1.54) is 0 Å². The first kappa shape index (κ1) is 19.0. The fraction of sp³-hybridized carbons (Fsp3) is 0.280. The molecule has 0 aliphatic carbocycles. The van der Waals surface area contributed by atoms with Crippen LogP contribution in [0.15, 0.2) is 66.7 Å². The molecular weight excluding hydrogens is 358 g/mol. The topological polar surface area (TPSA) is 47.3 Å². The average molecular weight is 383 g/mol. The Morgan fingerprint density at radius 1 is 0.966 bits per heavy atom. The number of amides is 1. The SMILES string of the molecule is CCC(C(=O)N1CCCCN1c1ccc(C#N)c2ccccc12)c1ccccc1. The molecule has 0 N–H and O–H groups in total. The van der Waals surface area contributed by atoms with E-state index in [0.29, 0.717) is 5.56 Å². The number of hydrogen-bond acceptors (Lipinski definition) is 3. The molecule has 1 unspecified atom stereocenters. The zero-order chi connectivity index (χ0) is 20.2. The molecule has 3 aromatic rings. The quantitative estimate of drug-likeness (QED) is 0.618. The van der Waals surface area contributed by atoms with Crippen LogP contribution in [0.4, 0.5) is 5.69 Å². The molecule has 1 aliphatic heterocycles. The van der Waals surface area contributed by atoms with Crippen molar-refractivity contribution in [2.45, 2.75) is 32.1 Å². The van der Waals surface area contributed by atoms with Crippen LogP contribution in [0.2, 0.25) is 0 Å². The Balaban J connectivity index is 1.75. The van der Waals surface area contributed by atoms with Crippen LogP contribution >= 0.6 is 0 Å². The number of nitrogens with zero attached hydrogens (tertiary/aromatic N) is 3. The van der Waals surface area contributed by atoms with E-state index in [1.807, 2.05) is 71.7 Å². The summed E-state index contributed by atoms with van der Waals surface area (Å²) in [6.45, 7) is 3.59. The Morgan fingerprint density at radius 3 is 2.38 bits per heavy atom. The predicted octanol–water partition coefficient (Wildman–Crippen LogP) is 5.25. The molecule has 0 saturated carbocycles. The van der Waals surface area contributed by atoms with Crippen LogP contribution in [-0.4, -0.2) is 24.0 Å². The summed E-state index contributed by atoms with van der Waals surface area (Å²) in [5.41, 5.74) is 2.72. The summed E-state index contributed by atoms with van der Waals surface area (Å²) in [6, 6.07) is 24.1. The van der Waals surface area contributed by atoms with Crippen molar-refractivity contribution in [3.8, 4) is 6.07 Å². The zero-order valence-electron chi connectivity index (χ0n) is 16.7. The number of hydrazine groups is 1. The first-order valence-corrected chi connectivity index (χ1v) is 10.3. The van der Waals surface area contributed by atoms with E-state index in [0.717, 1.165) is 54.4 Å². The van der Waals surface area contributed by atoms with Crippen molar-refractivity contribution in [1.29, 1.82) is 5.26 Å². The van der Waals surface area contributed by atoms with Crippen molar-refractivity contribution >= 4 is 22.4 Å². The summed E-state index contributed by atoms with van der Waals surface area (Å²) in [7, 11) is 0. The zero-order valence-corrected chi connectivity index (χ0v) is 16.7. The maximum Gasteiger partial charge on any atom is 0.248 e. The first-order chi connectivity index (χ1) is 14.2. The highest BCUT2D eigenvalue weighted by Gasteiger charge is 2.31. The predicted molar refractivity (Wildman–Crippen MR) is 116 cm³/mol. The molecule has 0 bridgehead atoms. The van der Waals surface area contributed by atoms with Crippen molar-refractivity contribution in [1.82, 2.24) is 5.01 Å². The molecule has 146 valence electrons. The number of benzene rings is 3. The number of hydrogen-bond donors (Lipinski definition) is 0. The van der Waals surface area contributed by atoms with Gasteiger partial charge in [0.05, 0.1) is 23.2 Å². The lowest BCUT2D eigenvalue weighted by atomic mass is 9.95. The summed E-state index contributed by atoms with van der Waals surface area (Å²) < 4.78 is 0. The van der Waals surface area contributed by atoms with Gasteiger partial charge < -0.3 is 0 Å². The van der Waals surface area contributed by atoms with Crippen molar-refractivity contribution in [3.05, 3.63) is 77.9 Å². The van der Waals surface area contributed by atoms with Gasteiger partial charge in [-0.3, -0.25) is 14.8 Å². The summed E-state index contributed by atoms with van der Waals surface area (Å²) in [5, 5.41) is 15.5. The molecular formula is C25H25N3O. The van der Waals surface area contributed by atoms with Gasteiger partial charge in [-0.05, 0) is 37.0 Å². The van der Waals surface area contributed by atoms with Gasteiger partial charge in [0.2, 0.25) is 5.91 Å². The van der Waals surface area contributed by atoms with Crippen LogP contribution < -0.4 is 5.01 Å².